The van der Waals surface area contributed by atoms with Crippen molar-refractivity contribution in [2.75, 3.05) is 6.61 Å². The minimum absolute atomic E-state index is 0.655. The van der Waals surface area contributed by atoms with Crippen molar-refractivity contribution >= 4 is 10.0 Å². The van der Waals surface area contributed by atoms with Crippen LogP contribution < -0.4 is 0 Å². The summed E-state index contributed by atoms with van der Waals surface area (Å²) in [5.41, 5.74) is 0. The minimum Gasteiger partial charge on any atom is -0.415 e. The predicted molar refractivity (Wildman–Crippen MR) is 22.4 cm³/mol. The molecular weight excluding hydrogens is 84.1 g/mol. The van der Waals surface area contributed by atoms with Gasteiger partial charge in [0.1, 0.15) is 0 Å². The third-order valence-corrected chi connectivity index (χ3v) is 0.886. The molecule has 0 saturated carbocycles. The highest BCUT2D eigenvalue weighted by Gasteiger charge is 1.67. The molecule has 0 unspecified atom stereocenters. The topological polar surface area (TPSA) is 29.5 Å². The van der Waals surface area contributed by atoms with E-state index < -0.39 is 10.0 Å². The molecule has 0 aromatic heterocycles. The van der Waals surface area contributed by atoms with Crippen molar-refractivity contribution in [1.29, 1.82) is 0 Å². The van der Waals surface area contributed by atoms with E-state index in [0.29, 0.717) is 6.61 Å². The summed E-state index contributed by atoms with van der Waals surface area (Å²) < 4.78 is 4.53. The fourth-order valence-corrected chi connectivity index (χ4v) is 0.274. The van der Waals surface area contributed by atoms with E-state index in [1.54, 1.807) is 0 Å². The highest BCUT2D eigenvalue weighted by molar-refractivity contribution is 6.15. The molecule has 0 aromatic rings. The first-order chi connectivity index (χ1) is 2.41. The molecule has 2 nitrogen and oxygen atoms in total. The van der Waals surface area contributed by atoms with Crippen LogP contribution in [0.1, 0.15) is 6.92 Å². The zero-order chi connectivity index (χ0) is 4.12. The van der Waals surface area contributed by atoms with Crippen molar-refractivity contribution in [3.8, 4) is 0 Å². The van der Waals surface area contributed by atoms with E-state index in [1.807, 2.05) is 6.92 Å². The van der Waals surface area contributed by atoms with E-state index >= 15 is 0 Å². The van der Waals surface area contributed by atoms with E-state index in [4.69, 9.17) is 4.80 Å². The fraction of sp³-hybridized carbons (Fsp3) is 1.00. The summed E-state index contributed by atoms with van der Waals surface area (Å²) in [6, 6.07) is 0. The van der Waals surface area contributed by atoms with Crippen LogP contribution in [-0.4, -0.2) is 21.4 Å². The van der Waals surface area contributed by atoms with Crippen LogP contribution in [0.4, 0.5) is 0 Å². The van der Waals surface area contributed by atoms with Gasteiger partial charge in [0.05, 0.1) is 0 Å². The second-order valence-corrected chi connectivity index (χ2v) is 1.29. The molecule has 0 aliphatic carbocycles. The molecule has 32 valence electrons. The maximum atomic E-state index is 7.98. The molecule has 0 saturated heterocycles. The average molecular weight is 92.2 g/mol. The molecule has 0 atom stereocenters. The van der Waals surface area contributed by atoms with Crippen molar-refractivity contribution in [3.63, 3.8) is 0 Å². The van der Waals surface area contributed by atoms with E-state index in [1.165, 1.54) is 0 Å². The summed E-state index contributed by atoms with van der Waals surface area (Å²) >= 11 is 0. The standard InChI is InChI=1S/C2H8O2Si/c1-2-4-5-3/h3H,2,5H2,1H3. The Bertz CT molecular complexity index is 15.1. The van der Waals surface area contributed by atoms with Crippen molar-refractivity contribution in [2.45, 2.75) is 6.92 Å². The lowest BCUT2D eigenvalue weighted by Gasteiger charge is -1.84. The Morgan fingerprint density at radius 2 is 2.60 bits per heavy atom. The van der Waals surface area contributed by atoms with Gasteiger partial charge in [-0.3, -0.25) is 0 Å². The van der Waals surface area contributed by atoms with Gasteiger partial charge in [-0.15, -0.1) is 0 Å². The van der Waals surface area contributed by atoms with Crippen LogP contribution >= 0.6 is 0 Å². The number of hydrogen-bond donors (Lipinski definition) is 1. The van der Waals surface area contributed by atoms with Gasteiger partial charge in [-0.05, 0) is 6.92 Å². The Kier molecular flexibility index (Phi) is 4.25. The molecule has 0 aliphatic heterocycles. The highest BCUT2D eigenvalue weighted by atomic mass is 28.2. The smallest absolute Gasteiger partial charge is 0.301 e. The zero-order valence-electron chi connectivity index (χ0n) is 3.27. The summed E-state index contributed by atoms with van der Waals surface area (Å²) in [6.07, 6.45) is 0. The van der Waals surface area contributed by atoms with Crippen molar-refractivity contribution in [2.24, 2.45) is 0 Å². The van der Waals surface area contributed by atoms with Crippen LogP contribution in [-0.2, 0) is 4.43 Å². The summed E-state index contributed by atoms with van der Waals surface area (Å²) in [5.74, 6) is 0. The van der Waals surface area contributed by atoms with Gasteiger partial charge in [-0.2, -0.15) is 0 Å². The van der Waals surface area contributed by atoms with Gasteiger partial charge in [-0.25, -0.2) is 0 Å². The highest BCUT2D eigenvalue weighted by Crippen LogP contribution is 1.57. The summed E-state index contributed by atoms with van der Waals surface area (Å²) in [6.45, 7) is 2.52. The molecule has 0 spiro atoms. The second-order valence-electron chi connectivity index (χ2n) is 0.622. The molecular formula is C2H8O2Si. The third-order valence-electron chi connectivity index (χ3n) is 0.295. The van der Waals surface area contributed by atoms with Gasteiger partial charge in [0.2, 0.25) is 0 Å². The first-order valence-corrected chi connectivity index (χ1v) is 2.81. The fourth-order valence-electron chi connectivity index (χ4n) is 0.0913. The molecule has 0 radical (unpaired) electrons. The summed E-state index contributed by atoms with van der Waals surface area (Å²) in [5, 5.41) is 0. The van der Waals surface area contributed by atoms with Crippen molar-refractivity contribution < 1.29 is 9.22 Å². The van der Waals surface area contributed by atoms with Crippen LogP contribution in [0.25, 0.3) is 0 Å². The average Bonchev–Trinajstić information content (AvgIpc) is 1.41. The van der Waals surface area contributed by atoms with Crippen LogP contribution in [0.2, 0.25) is 0 Å². The molecule has 1 N–H and O–H groups in total. The van der Waals surface area contributed by atoms with Crippen LogP contribution in [0.15, 0.2) is 0 Å². The van der Waals surface area contributed by atoms with Gasteiger partial charge >= 0.3 is 10.0 Å². The van der Waals surface area contributed by atoms with Gasteiger partial charge in [0.15, 0.2) is 0 Å². The third kappa shape index (κ3) is 4.14. The molecule has 0 heterocycles. The Morgan fingerprint density at radius 1 is 2.00 bits per heavy atom. The van der Waals surface area contributed by atoms with E-state index in [9.17, 15) is 0 Å². The second kappa shape index (κ2) is 4.14. The quantitative estimate of drug-likeness (QED) is 0.443. The summed E-state index contributed by atoms with van der Waals surface area (Å²) in [4.78, 5) is 7.98. The summed E-state index contributed by atoms with van der Waals surface area (Å²) in [7, 11) is -1.09. The zero-order valence-corrected chi connectivity index (χ0v) is 4.68. The Labute approximate surface area is 33.8 Å². The molecule has 5 heavy (non-hydrogen) atoms. The molecule has 0 amide bonds. The normalized spacial score (nSPS) is 10.8. The van der Waals surface area contributed by atoms with Crippen molar-refractivity contribution in [1.82, 2.24) is 0 Å². The predicted octanol–water partition coefficient (Wildman–Crippen LogP) is -0.986. The van der Waals surface area contributed by atoms with Crippen LogP contribution in [0.5, 0.6) is 0 Å². The number of rotatable bonds is 2. The molecule has 0 fully saturated rings. The van der Waals surface area contributed by atoms with Gasteiger partial charge < -0.3 is 9.22 Å². The minimum atomic E-state index is -1.09. The lowest BCUT2D eigenvalue weighted by molar-refractivity contribution is 0.302. The Hall–Kier alpha value is 0.137. The van der Waals surface area contributed by atoms with Gasteiger partial charge in [0.25, 0.3) is 0 Å². The lowest BCUT2D eigenvalue weighted by atomic mass is 10.9. The van der Waals surface area contributed by atoms with Gasteiger partial charge in [-0.1, -0.05) is 0 Å². The molecule has 0 aromatic carbocycles. The Morgan fingerprint density at radius 3 is 2.60 bits per heavy atom. The monoisotopic (exact) mass is 92.0 g/mol. The van der Waals surface area contributed by atoms with Gasteiger partial charge in [0, 0.05) is 6.61 Å². The maximum absolute atomic E-state index is 7.98. The number of hydrogen-bond acceptors (Lipinski definition) is 2. The first-order valence-electron chi connectivity index (χ1n) is 1.60. The van der Waals surface area contributed by atoms with Crippen LogP contribution in [0.3, 0.4) is 0 Å². The first kappa shape index (κ1) is 5.14. The van der Waals surface area contributed by atoms with Crippen LogP contribution in [0, 0.1) is 0 Å². The Balaban J connectivity index is 2.19. The lowest BCUT2D eigenvalue weighted by Crippen LogP contribution is -1.93. The molecule has 0 aliphatic rings. The van der Waals surface area contributed by atoms with E-state index in [2.05, 4.69) is 4.43 Å². The van der Waals surface area contributed by atoms with Crippen molar-refractivity contribution in [3.05, 3.63) is 0 Å². The maximum Gasteiger partial charge on any atom is 0.301 e. The van der Waals surface area contributed by atoms with E-state index in [-0.39, 0.29) is 0 Å². The van der Waals surface area contributed by atoms with E-state index in [0.717, 1.165) is 0 Å². The molecule has 0 bridgehead atoms. The SMILES string of the molecule is CCO[SiH2]O. The largest absolute Gasteiger partial charge is 0.415 e. The molecule has 3 heteroatoms. The molecule has 0 rings (SSSR count).